The van der Waals surface area contributed by atoms with Crippen LogP contribution >= 0.6 is 0 Å². The van der Waals surface area contributed by atoms with E-state index in [1.54, 1.807) is 0 Å². The van der Waals surface area contributed by atoms with E-state index in [9.17, 15) is 9.59 Å². The van der Waals surface area contributed by atoms with Gasteiger partial charge in [0.1, 0.15) is 0 Å². The summed E-state index contributed by atoms with van der Waals surface area (Å²) in [5, 5.41) is 3.46. The molecule has 4 nitrogen and oxygen atoms in total. The fourth-order valence-corrected chi connectivity index (χ4v) is 2.56. The molecule has 0 aromatic carbocycles. The molecule has 12 heavy (non-hydrogen) atoms. The normalized spacial score (nSPS) is 49.7. The summed E-state index contributed by atoms with van der Waals surface area (Å²) in [6.07, 6.45) is 1.81. The first-order valence-electron chi connectivity index (χ1n) is 4.22. The van der Waals surface area contributed by atoms with Crippen molar-refractivity contribution >= 4 is 11.8 Å². The van der Waals surface area contributed by atoms with Crippen LogP contribution in [0.15, 0.2) is 0 Å². The van der Waals surface area contributed by atoms with Gasteiger partial charge in [0, 0.05) is 0 Å². The summed E-state index contributed by atoms with van der Waals surface area (Å²) in [5.74, 6) is -0.957. The van der Waals surface area contributed by atoms with Crippen molar-refractivity contribution < 1.29 is 14.3 Å². The summed E-state index contributed by atoms with van der Waals surface area (Å²) in [6.45, 7) is 0. The molecule has 3 heterocycles. The van der Waals surface area contributed by atoms with Gasteiger partial charge in [-0.05, 0) is 12.8 Å². The zero-order chi connectivity index (χ0) is 8.29. The number of amides is 2. The molecule has 0 aliphatic carbocycles. The zero-order valence-electron chi connectivity index (χ0n) is 6.40. The third-order valence-electron chi connectivity index (χ3n) is 3.06. The highest BCUT2D eigenvalue weighted by atomic mass is 16.5. The van der Waals surface area contributed by atoms with E-state index in [1.165, 1.54) is 0 Å². The van der Waals surface area contributed by atoms with Gasteiger partial charge < -0.3 is 4.74 Å². The molecule has 3 fully saturated rings. The van der Waals surface area contributed by atoms with Gasteiger partial charge in [0.15, 0.2) is 0 Å². The third kappa shape index (κ3) is 0.579. The number of hydrogen-bond donors (Lipinski definition) is 0. The number of carbonyl (C=O) groups is 2. The number of fused-ring (bicyclic) bond motifs is 5. The van der Waals surface area contributed by atoms with Gasteiger partial charge in [-0.3, -0.25) is 9.59 Å². The average Bonchev–Trinajstić information content (AvgIpc) is 2.64. The van der Waals surface area contributed by atoms with Crippen molar-refractivity contribution in [1.29, 1.82) is 0 Å². The number of ether oxygens (including phenoxy) is 1. The molecule has 3 aliphatic heterocycles. The van der Waals surface area contributed by atoms with Gasteiger partial charge in [-0.2, -0.15) is 5.32 Å². The first-order chi connectivity index (χ1) is 5.77. The second-order valence-corrected chi connectivity index (χ2v) is 3.63. The maximum Gasteiger partial charge on any atom is 0.255 e. The lowest BCUT2D eigenvalue weighted by atomic mass is 9.81. The maximum atomic E-state index is 11.2. The van der Waals surface area contributed by atoms with Crippen molar-refractivity contribution in [2.75, 3.05) is 0 Å². The Bertz CT molecular complexity index is 249. The molecular formula is C8H8NO3. The van der Waals surface area contributed by atoms with Gasteiger partial charge in [0.2, 0.25) is 0 Å². The molecule has 4 atom stereocenters. The van der Waals surface area contributed by atoms with Crippen molar-refractivity contribution in [3.05, 3.63) is 0 Å². The minimum Gasteiger partial charge on any atom is -0.373 e. The van der Waals surface area contributed by atoms with E-state index in [1.807, 2.05) is 0 Å². The average molecular weight is 166 g/mol. The molecule has 2 bridgehead atoms. The van der Waals surface area contributed by atoms with Crippen molar-refractivity contribution in [3.63, 3.8) is 0 Å². The first-order valence-corrected chi connectivity index (χ1v) is 4.22. The number of rotatable bonds is 0. The van der Waals surface area contributed by atoms with Crippen LogP contribution in [0.4, 0.5) is 0 Å². The summed E-state index contributed by atoms with van der Waals surface area (Å²) >= 11 is 0. The highest BCUT2D eigenvalue weighted by Crippen LogP contribution is 2.46. The molecule has 3 saturated heterocycles. The van der Waals surface area contributed by atoms with Crippen LogP contribution in [-0.4, -0.2) is 24.0 Å². The van der Waals surface area contributed by atoms with E-state index in [4.69, 9.17) is 4.74 Å². The minimum atomic E-state index is -0.253. The Kier molecular flexibility index (Phi) is 1.03. The Morgan fingerprint density at radius 1 is 1.08 bits per heavy atom. The summed E-state index contributed by atoms with van der Waals surface area (Å²) in [6, 6.07) is 0. The minimum absolute atomic E-state index is 0.0114. The van der Waals surface area contributed by atoms with Gasteiger partial charge in [-0.25, -0.2) is 0 Å². The summed E-state index contributed by atoms with van der Waals surface area (Å²) < 4.78 is 5.48. The second kappa shape index (κ2) is 1.88. The largest absolute Gasteiger partial charge is 0.373 e. The van der Waals surface area contributed by atoms with E-state index in [-0.39, 0.29) is 35.9 Å². The van der Waals surface area contributed by atoms with Crippen LogP contribution in [0.2, 0.25) is 0 Å². The van der Waals surface area contributed by atoms with Crippen molar-refractivity contribution in [2.45, 2.75) is 25.0 Å². The van der Waals surface area contributed by atoms with Gasteiger partial charge in [0.05, 0.1) is 24.0 Å². The Balaban J connectivity index is 2.03. The summed E-state index contributed by atoms with van der Waals surface area (Å²) in [5.41, 5.74) is 0. The zero-order valence-corrected chi connectivity index (χ0v) is 6.40. The fraction of sp³-hybridized carbons (Fsp3) is 0.750. The van der Waals surface area contributed by atoms with Crippen LogP contribution in [0.5, 0.6) is 0 Å². The molecule has 4 unspecified atom stereocenters. The van der Waals surface area contributed by atoms with Gasteiger partial charge in [-0.1, -0.05) is 0 Å². The summed E-state index contributed by atoms with van der Waals surface area (Å²) in [4.78, 5) is 22.4. The molecule has 0 saturated carbocycles. The number of hydrogen-bond acceptors (Lipinski definition) is 3. The summed E-state index contributed by atoms with van der Waals surface area (Å²) in [7, 11) is 0. The smallest absolute Gasteiger partial charge is 0.255 e. The molecule has 1 radical (unpaired) electrons. The fourth-order valence-electron chi connectivity index (χ4n) is 2.56. The Labute approximate surface area is 69.3 Å². The van der Waals surface area contributed by atoms with Crippen molar-refractivity contribution in [3.8, 4) is 0 Å². The van der Waals surface area contributed by atoms with Crippen LogP contribution < -0.4 is 5.32 Å². The first kappa shape index (κ1) is 6.60. The van der Waals surface area contributed by atoms with Crippen LogP contribution in [0, 0.1) is 11.8 Å². The Hall–Kier alpha value is -0.900. The van der Waals surface area contributed by atoms with Gasteiger partial charge >= 0.3 is 0 Å². The lowest BCUT2D eigenvalue weighted by Gasteiger charge is -2.14. The molecular weight excluding hydrogens is 158 g/mol. The Morgan fingerprint density at radius 2 is 1.58 bits per heavy atom. The van der Waals surface area contributed by atoms with Crippen LogP contribution in [0.25, 0.3) is 0 Å². The molecule has 63 valence electrons. The number of imide groups is 1. The predicted octanol–water partition coefficient (Wildman–Crippen LogP) is -0.549. The monoisotopic (exact) mass is 166 g/mol. The van der Waals surface area contributed by atoms with E-state index < -0.39 is 0 Å². The van der Waals surface area contributed by atoms with Crippen molar-refractivity contribution in [2.24, 2.45) is 11.8 Å². The highest BCUT2D eigenvalue weighted by molar-refractivity contribution is 6.05. The van der Waals surface area contributed by atoms with Crippen LogP contribution in [0.1, 0.15) is 12.8 Å². The standard InChI is InChI=1S/C8H8NO3/c10-7-5-3-1-2-4(12-3)6(5)8(11)9-7/h3-6H,1-2H2. The van der Waals surface area contributed by atoms with E-state index in [2.05, 4.69) is 5.32 Å². The third-order valence-corrected chi connectivity index (χ3v) is 3.06. The highest BCUT2D eigenvalue weighted by Gasteiger charge is 2.60. The molecule has 3 rings (SSSR count). The topological polar surface area (TPSA) is 57.5 Å². The lowest BCUT2D eigenvalue weighted by molar-refractivity contribution is -0.129. The lowest BCUT2D eigenvalue weighted by Crippen LogP contribution is -2.29. The molecule has 3 aliphatic rings. The van der Waals surface area contributed by atoms with Gasteiger partial charge in [-0.15, -0.1) is 0 Å². The Morgan fingerprint density at radius 3 is 2.08 bits per heavy atom. The van der Waals surface area contributed by atoms with Crippen LogP contribution in [-0.2, 0) is 14.3 Å². The van der Waals surface area contributed by atoms with Crippen LogP contribution in [0.3, 0.4) is 0 Å². The molecule has 0 aromatic rings. The quantitative estimate of drug-likeness (QED) is 0.454. The molecule has 0 aromatic heterocycles. The van der Waals surface area contributed by atoms with E-state index in [0.29, 0.717) is 0 Å². The maximum absolute atomic E-state index is 11.2. The number of carbonyl (C=O) groups excluding carboxylic acids is 2. The number of nitrogens with zero attached hydrogens (tertiary/aromatic N) is 1. The molecule has 2 amide bonds. The molecule has 0 N–H and O–H groups in total. The predicted molar refractivity (Wildman–Crippen MR) is 37.0 cm³/mol. The van der Waals surface area contributed by atoms with Gasteiger partial charge in [0.25, 0.3) is 11.8 Å². The van der Waals surface area contributed by atoms with E-state index >= 15 is 0 Å². The molecule has 4 heteroatoms. The van der Waals surface area contributed by atoms with Crippen molar-refractivity contribution in [1.82, 2.24) is 5.32 Å². The SMILES string of the molecule is O=C1[N]C(=O)C2C3CCC(O3)C12. The molecule has 0 spiro atoms. The van der Waals surface area contributed by atoms with E-state index in [0.717, 1.165) is 12.8 Å². The second-order valence-electron chi connectivity index (χ2n) is 3.63.